The molecule has 0 aliphatic carbocycles. The number of methoxy groups -OCH3 is 1. The summed E-state index contributed by atoms with van der Waals surface area (Å²) < 4.78 is 11.0. The molecule has 0 unspecified atom stereocenters. The highest BCUT2D eigenvalue weighted by molar-refractivity contribution is 5.69. The maximum absolute atomic E-state index is 5.66. The van der Waals surface area contributed by atoms with E-state index >= 15 is 0 Å². The molecule has 1 aliphatic heterocycles. The third kappa shape index (κ3) is 4.22. The van der Waals surface area contributed by atoms with E-state index in [2.05, 4.69) is 23.1 Å². The van der Waals surface area contributed by atoms with Crippen LogP contribution in [0.4, 0.5) is 0 Å². The fraction of sp³-hybridized carbons (Fsp3) is 0.529. The second-order valence-corrected chi connectivity index (χ2v) is 5.22. The van der Waals surface area contributed by atoms with Crippen molar-refractivity contribution in [1.29, 1.82) is 0 Å². The molecule has 1 aliphatic rings. The number of ether oxygens (including phenoxy) is 2. The third-order valence-electron chi connectivity index (χ3n) is 3.81. The third-order valence-corrected chi connectivity index (χ3v) is 3.81. The molecule has 0 amide bonds. The molecule has 0 aromatic heterocycles. The zero-order chi connectivity index (χ0) is 15.1. The van der Waals surface area contributed by atoms with Gasteiger partial charge in [0.15, 0.2) is 11.5 Å². The van der Waals surface area contributed by atoms with Gasteiger partial charge in [-0.25, -0.2) is 0 Å². The Kier molecular flexibility index (Phi) is 6.08. The molecule has 0 atom stereocenters. The summed E-state index contributed by atoms with van der Waals surface area (Å²) in [4.78, 5) is 2.45. The zero-order valence-electron chi connectivity index (χ0n) is 13.1. The van der Waals surface area contributed by atoms with Gasteiger partial charge in [0.25, 0.3) is 0 Å². The summed E-state index contributed by atoms with van der Waals surface area (Å²) in [6.45, 7) is 6.59. The molecule has 0 spiro atoms. The van der Waals surface area contributed by atoms with Crippen molar-refractivity contribution in [2.45, 2.75) is 19.8 Å². The van der Waals surface area contributed by atoms with Crippen molar-refractivity contribution in [3.8, 4) is 11.5 Å². The van der Waals surface area contributed by atoms with Crippen molar-refractivity contribution in [3.63, 3.8) is 0 Å². The second kappa shape index (κ2) is 8.05. The first-order valence-electron chi connectivity index (χ1n) is 7.71. The predicted octanol–water partition coefficient (Wildman–Crippen LogP) is 2.53. The summed E-state index contributed by atoms with van der Waals surface area (Å²) in [6, 6.07) is 6.19. The quantitative estimate of drug-likeness (QED) is 0.838. The van der Waals surface area contributed by atoms with E-state index < -0.39 is 0 Å². The molecule has 116 valence electrons. The minimum absolute atomic E-state index is 0.645. The molecule has 0 saturated carbocycles. The van der Waals surface area contributed by atoms with Crippen LogP contribution in [0.15, 0.2) is 24.3 Å². The Morgan fingerprint density at radius 1 is 1.29 bits per heavy atom. The van der Waals surface area contributed by atoms with Gasteiger partial charge in [0.2, 0.25) is 0 Å². The number of benzene rings is 1. The van der Waals surface area contributed by atoms with E-state index in [0.717, 1.165) is 50.5 Å². The first-order chi connectivity index (χ1) is 10.3. The smallest absolute Gasteiger partial charge is 0.161 e. The Bertz CT molecular complexity index is 486. The highest BCUT2D eigenvalue weighted by atomic mass is 16.5. The molecule has 4 nitrogen and oxygen atoms in total. The van der Waals surface area contributed by atoms with E-state index in [1.807, 2.05) is 13.0 Å². The van der Waals surface area contributed by atoms with E-state index in [-0.39, 0.29) is 0 Å². The summed E-state index contributed by atoms with van der Waals surface area (Å²) in [5.41, 5.74) is 8.19. The lowest BCUT2D eigenvalue weighted by Gasteiger charge is -2.26. The van der Waals surface area contributed by atoms with Crippen LogP contribution in [0, 0.1) is 0 Å². The highest BCUT2D eigenvalue weighted by Crippen LogP contribution is 2.32. The van der Waals surface area contributed by atoms with E-state index in [9.17, 15) is 0 Å². The van der Waals surface area contributed by atoms with Crippen LogP contribution in [-0.4, -0.2) is 44.8 Å². The van der Waals surface area contributed by atoms with Gasteiger partial charge in [0.1, 0.15) is 0 Å². The van der Waals surface area contributed by atoms with Crippen molar-refractivity contribution in [2.75, 3.05) is 39.9 Å². The fourth-order valence-electron chi connectivity index (χ4n) is 2.64. The Balaban J connectivity index is 2.08. The van der Waals surface area contributed by atoms with E-state index in [4.69, 9.17) is 15.2 Å². The van der Waals surface area contributed by atoms with Gasteiger partial charge in [-0.2, -0.15) is 0 Å². The molecule has 1 heterocycles. The standard InChI is InChI=1S/C17H26N2O2/c1-3-21-17-13-15(5-6-16(17)20-2)14-7-11-19(12-8-14)10-4-9-18/h5-7,13H,3-4,8-12,18H2,1-2H3. The maximum atomic E-state index is 5.66. The lowest BCUT2D eigenvalue weighted by molar-refractivity contribution is 0.299. The van der Waals surface area contributed by atoms with Gasteiger partial charge >= 0.3 is 0 Å². The maximum Gasteiger partial charge on any atom is 0.161 e. The second-order valence-electron chi connectivity index (χ2n) is 5.22. The first-order valence-corrected chi connectivity index (χ1v) is 7.71. The summed E-state index contributed by atoms with van der Waals surface area (Å²) >= 11 is 0. The van der Waals surface area contributed by atoms with Crippen molar-refractivity contribution >= 4 is 5.57 Å². The average molecular weight is 290 g/mol. The van der Waals surface area contributed by atoms with Gasteiger partial charge in [0.05, 0.1) is 13.7 Å². The van der Waals surface area contributed by atoms with Gasteiger partial charge < -0.3 is 15.2 Å². The normalized spacial score (nSPS) is 15.7. The summed E-state index contributed by atoms with van der Waals surface area (Å²) in [5.74, 6) is 1.62. The molecule has 1 aromatic carbocycles. The Hall–Kier alpha value is -1.52. The molecule has 0 fully saturated rings. The number of hydrogen-bond acceptors (Lipinski definition) is 4. The van der Waals surface area contributed by atoms with Crippen LogP contribution in [0.25, 0.3) is 5.57 Å². The van der Waals surface area contributed by atoms with E-state index in [1.54, 1.807) is 7.11 Å². The lowest BCUT2D eigenvalue weighted by Crippen LogP contribution is -2.30. The number of nitrogens with two attached hydrogens (primary N) is 1. The molecule has 4 heteroatoms. The van der Waals surface area contributed by atoms with Crippen molar-refractivity contribution < 1.29 is 9.47 Å². The van der Waals surface area contributed by atoms with Crippen LogP contribution in [0.5, 0.6) is 11.5 Å². The minimum atomic E-state index is 0.645. The van der Waals surface area contributed by atoms with Crippen LogP contribution < -0.4 is 15.2 Å². The molecule has 2 N–H and O–H groups in total. The molecular weight excluding hydrogens is 264 g/mol. The van der Waals surface area contributed by atoms with Gasteiger partial charge in [-0.05, 0) is 56.1 Å². The average Bonchev–Trinajstić information content (AvgIpc) is 2.53. The molecule has 0 radical (unpaired) electrons. The topological polar surface area (TPSA) is 47.7 Å². The van der Waals surface area contributed by atoms with Crippen molar-refractivity contribution in [1.82, 2.24) is 4.90 Å². The van der Waals surface area contributed by atoms with Gasteiger partial charge in [-0.1, -0.05) is 12.1 Å². The van der Waals surface area contributed by atoms with Crippen molar-refractivity contribution in [3.05, 3.63) is 29.8 Å². The summed E-state index contributed by atoms with van der Waals surface area (Å²) in [5, 5.41) is 0. The Morgan fingerprint density at radius 2 is 2.14 bits per heavy atom. The molecule has 21 heavy (non-hydrogen) atoms. The van der Waals surface area contributed by atoms with Gasteiger partial charge in [0, 0.05) is 13.1 Å². The highest BCUT2D eigenvalue weighted by Gasteiger charge is 2.14. The van der Waals surface area contributed by atoms with Crippen molar-refractivity contribution in [2.24, 2.45) is 5.73 Å². The Labute approximate surface area is 127 Å². The van der Waals surface area contributed by atoms with E-state index in [1.165, 1.54) is 11.1 Å². The van der Waals surface area contributed by atoms with Crippen LogP contribution in [-0.2, 0) is 0 Å². The molecule has 0 saturated heterocycles. The van der Waals surface area contributed by atoms with Crippen LogP contribution in [0.1, 0.15) is 25.3 Å². The lowest BCUT2D eigenvalue weighted by atomic mass is 9.99. The van der Waals surface area contributed by atoms with Crippen LogP contribution in [0.2, 0.25) is 0 Å². The van der Waals surface area contributed by atoms with Gasteiger partial charge in [-0.3, -0.25) is 4.90 Å². The molecule has 0 bridgehead atoms. The molecule has 1 aromatic rings. The number of hydrogen-bond donors (Lipinski definition) is 1. The SMILES string of the molecule is CCOc1cc(C2=CCN(CCCN)CC2)ccc1OC. The Morgan fingerprint density at radius 3 is 2.76 bits per heavy atom. The van der Waals surface area contributed by atoms with E-state index in [0.29, 0.717) is 6.61 Å². The minimum Gasteiger partial charge on any atom is -0.493 e. The monoisotopic (exact) mass is 290 g/mol. The fourth-order valence-corrected chi connectivity index (χ4v) is 2.64. The number of rotatable bonds is 7. The largest absolute Gasteiger partial charge is 0.493 e. The zero-order valence-corrected chi connectivity index (χ0v) is 13.1. The predicted molar refractivity (Wildman–Crippen MR) is 86.9 cm³/mol. The van der Waals surface area contributed by atoms with Crippen LogP contribution in [0.3, 0.4) is 0 Å². The summed E-state index contributed by atoms with van der Waals surface area (Å²) in [6.07, 6.45) is 4.46. The summed E-state index contributed by atoms with van der Waals surface area (Å²) in [7, 11) is 1.67. The molecular formula is C17H26N2O2. The first kappa shape index (κ1) is 15.9. The van der Waals surface area contributed by atoms with Gasteiger partial charge in [-0.15, -0.1) is 0 Å². The van der Waals surface area contributed by atoms with Crippen LogP contribution >= 0.6 is 0 Å². The number of nitrogens with zero attached hydrogens (tertiary/aromatic N) is 1. The molecule has 2 rings (SSSR count).